The first-order chi connectivity index (χ1) is 14.1. The zero-order chi connectivity index (χ0) is 20.4. The number of ether oxygens (including phenoxy) is 4. The summed E-state index contributed by atoms with van der Waals surface area (Å²) in [7, 11) is 4.87. The summed E-state index contributed by atoms with van der Waals surface area (Å²) in [6.07, 6.45) is 0. The van der Waals surface area contributed by atoms with E-state index in [2.05, 4.69) is 15.3 Å². The quantitative estimate of drug-likeness (QED) is 0.421. The minimum Gasteiger partial charge on any atom is -0.497 e. The molecule has 0 spiro atoms. The van der Waals surface area contributed by atoms with E-state index in [9.17, 15) is 0 Å². The lowest BCUT2D eigenvalue weighted by atomic mass is 10.1. The van der Waals surface area contributed by atoms with Crippen LogP contribution in [0.25, 0.3) is 21.3 Å². The summed E-state index contributed by atoms with van der Waals surface area (Å²) < 4.78 is 22.3. The van der Waals surface area contributed by atoms with Crippen molar-refractivity contribution in [3.63, 3.8) is 0 Å². The molecule has 6 nitrogen and oxygen atoms in total. The third-order valence-electron chi connectivity index (χ3n) is 4.46. The monoisotopic (exact) mass is 408 g/mol. The highest BCUT2D eigenvalue weighted by Crippen LogP contribution is 2.42. The van der Waals surface area contributed by atoms with E-state index < -0.39 is 0 Å². The molecular weight excluding hydrogens is 388 g/mol. The fourth-order valence-electron chi connectivity index (χ4n) is 3.08. The van der Waals surface area contributed by atoms with Gasteiger partial charge in [-0.25, -0.2) is 4.98 Å². The zero-order valence-electron chi connectivity index (χ0n) is 16.6. The van der Waals surface area contributed by atoms with Gasteiger partial charge in [0.15, 0.2) is 11.5 Å². The molecule has 2 aromatic heterocycles. The molecule has 0 aliphatic carbocycles. The first kappa shape index (κ1) is 19.0. The van der Waals surface area contributed by atoms with Gasteiger partial charge in [-0.05, 0) is 36.8 Å². The van der Waals surface area contributed by atoms with E-state index in [-0.39, 0.29) is 0 Å². The summed E-state index contributed by atoms with van der Waals surface area (Å²) in [5.41, 5.74) is 1.95. The van der Waals surface area contributed by atoms with Gasteiger partial charge in [-0.3, -0.25) is 0 Å². The van der Waals surface area contributed by atoms with E-state index in [0.29, 0.717) is 29.0 Å². The Bertz CT molecular complexity index is 1170. The Morgan fingerprint density at radius 3 is 2.38 bits per heavy atom. The van der Waals surface area contributed by atoms with Crippen molar-refractivity contribution in [2.45, 2.75) is 6.92 Å². The molecule has 0 bridgehead atoms. The second-order valence-corrected chi connectivity index (χ2v) is 7.11. The van der Waals surface area contributed by atoms with Crippen LogP contribution in [-0.2, 0) is 0 Å². The van der Waals surface area contributed by atoms with Crippen molar-refractivity contribution in [3.05, 3.63) is 53.7 Å². The first-order valence-electron chi connectivity index (χ1n) is 8.93. The standard InChI is InChI=1S/C22H20N2O4S/c1-13-23-21(28-16-7-5-6-15(11-16)25-2)20-17(12-29-22(20)24-13)14-8-9-18(26-3)19(10-14)27-4/h5-12H,1-4H3. The van der Waals surface area contributed by atoms with Crippen LogP contribution in [0, 0.1) is 6.92 Å². The molecule has 148 valence electrons. The number of aryl methyl sites for hydroxylation is 1. The van der Waals surface area contributed by atoms with Crippen LogP contribution < -0.4 is 18.9 Å². The van der Waals surface area contributed by atoms with Crippen LogP contribution in [0.3, 0.4) is 0 Å². The van der Waals surface area contributed by atoms with E-state index in [0.717, 1.165) is 27.1 Å². The SMILES string of the molecule is COc1cccc(Oc2nc(C)nc3scc(-c4ccc(OC)c(OC)c4)c23)c1. The predicted octanol–water partition coefficient (Wildman–Crippen LogP) is 5.48. The van der Waals surface area contributed by atoms with Crippen LogP contribution in [0.5, 0.6) is 28.9 Å². The maximum Gasteiger partial charge on any atom is 0.231 e. The third-order valence-corrected chi connectivity index (χ3v) is 5.33. The summed E-state index contributed by atoms with van der Waals surface area (Å²) in [4.78, 5) is 10.0. The molecule has 0 saturated heterocycles. The van der Waals surface area contributed by atoms with Crippen molar-refractivity contribution in [3.8, 4) is 40.0 Å². The highest BCUT2D eigenvalue weighted by molar-refractivity contribution is 7.17. The first-order valence-corrected chi connectivity index (χ1v) is 9.81. The Hall–Kier alpha value is -3.32. The molecule has 0 fully saturated rings. The van der Waals surface area contributed by atoms with Gasteiger partial charge in [0.2, 0.25) is 5.88 Å². The fraction of sp³-hybridized carbons (Fsp3) is 0.182. The number of fused-ring (bicyclic) bond motifs is 1. The molecule has 0 atom stereocenters. The predicted molar refractivity (Wildman–Crippen MR) is 114 cm³/mol. The maximum absolute atomic E-state index is 6.16. The second kappa shape index (κ2) is 7.97. The number of rotatable bonds is 6. The Kier molecular flexibility index (Phi) is 5.22. The number of benzene rings is 2. The number of hydrogen-bond acceptors (Lipinski definition) is 7. The van der Waals surface area contributed by atoms with Gasteiger partial charge in [0.25, 0.3) is 0 Å². The van der Waals surface area contributed by atoms with Crippen molar-refractivity contribution >= 4 is 21.6 Å². The molecular formula is C22H20N2O4S. The Morgan fingerprint density at radius 2 is 1.62 bits per heavy atom. The molecule has 7 heteroatoms. The van der Waals surface area contributed by atoms with E-state index in [1.54, 1.807) is 32.7 Å². The maximum atomic E-state index is 6.16. The topological polar surface area (TPSA) is 62.7 Å². The Labute approximate surface area is 172 Å². The molecule has 4 aromatic rings. The van der Waals surface area contributed by atoms with Crippen LogP contribution in [0.1, 0.15) is 5.82 Å². The molecule has 2 heterocycles. The average molecular weight is 408 g/mol. The Balaban J connectivity index is 1.85. The van der Waals surface area contributed by atoms with E-state index >= 15 is 0 Å². The normalized spacial score (nSPS) is 10.8. The van der Waals surface area contributed by atoms with Gasteiger partial charge in [0.05, 0.1) is 26.7 Å². The minimum absolute atomic E-state index is 0.506. The average Bonchev–Trinajstić information content (AvgIpc) is 3.17. The van der Waals surface area contributed by atoms with Gasteiger partial charge in [-0.15, -0.1) is 11.3 Å². The number of nitrogens with zero attached hydrogens (tertiary/aromatic N) is 2. The lowest BCUT2D eigenvalue weighted by Crippen LogP contribution is -1.95. The van der Waals surface area contributed by atoms with Gasteiger partial charge in [0, 0.05) is 17.0 Å². The smallest absolute Gasteiger partial charge is 0.231 e. The van der Waals surface area contributed by atoms with Crippen molar-refractivity contribution < 1.29 is 18.9 Å². The van der Waals surface area contributed by atoms with Gasteiger partial charge in [0.1, 0.15) is 22.2 Å². The summed E-state index contributed by atoms with van der Waals surface area (Å²) in [6, 6.07) is 13.2. The molecule has 0 N–H and O–H groups in total. The van der Waals surface area contributed by atoms with Crippen LogP contribution in [-0.4, -0.2) is 31.3 Å². The summed E-state index contributed by atoms with van der Waals surface area (Å²) in [5, 5.41) is 2.91. The lowest BCUT2D eigenvalue weighted by Gasteiger charge is -2.11. The number of aromatic nitrogens is 2. The van der Waals surface area contributed by atoms with E-state index in [4.69, 9.17) is 18.9 Å². The van der Waals surface area contributed by atoms with Gasteiger partial charge >= 0.3 is 0 Å². The molecule has 2 aromatic carbocycles. The van der Waals surface area contributed by atoms with Crippen molar-refractivity contribution in [1.82, 2.24) is 9.97 Å². The van der Waals surface area contributed by atoms with Gasteiger partial charge in [-0.1, -0.05) is 12.1 Å². The third kappa shape index (κ3) is 3.69. The van der Waals surface area contributed by atoms with Gasteiger partial charge < -0.3 is 18.9 Å². The molecule has 0 radical (unpaired) electrons. The van der Waals surface area contributed by atoms with Crippen molar-refractivity contribution in [1.29, 1.82) is 0 Å². The highest BCUT2D eigenvalue weighted by Gasteiger charge is 2.18. The fourth-order valence-corrected chi connectivity index (χ4v) is 4.06. The minimum atomic E-state index is 0.506. The van der Waals surface area contributed by atoms with Gasteiger partial charge in [-0.2, -0.15) is 4.98 Å². The number of methoxy groups -OCH3 is 3. The molecule has 29 heavy (non-hydrogen) atoms. The number of hydrogen-bond donors (Lipinski definition) is 0. The van der Waals surface area contributed by atoms with Crippen LogP contribution in [0.2, 0.25) is 0 Å². The van der Waals surface area contributed by atoms with E-state index in [1.165, 1.54) is 0 Å². The Morgan fingerprint density at radius 1 is 0.828 bits per heavy atom. The van der Waals surface area contributed by atoms with Crippen LogP contribution in [0.4, 0.5) is 0 Å². The molecule has 4 rings (SSSR count). The largest absolute Gasteiger partial charge is 0.497 e. The summed E-state index contributed by atoms with van der Waals surface area (Å²) >= 11 is 1.55. The number of thiophene rings is 1. The zero-order valence-corrected chi connectivity index (χ0v) is 17.4. The van der Waals surface area contributed by atoms with Crippen molar-refractivity contribution in [2.24, 2.45) is 0 Å². The summed E-state index contributed by atoms with van der Waals surface area (Å²) in [6.45, 7) is 1.85. The van der Waals surface area contributed by atoms with Crippen molar-refractivity contribution in [2.75, 3.05) is 21.3 Å². The van der Waals surface area contributed by atoms with Crippen LogP contribution in [0.15, 0.2) is 47.8 Å². The lowest BCUT2D eigenvalue weighted by molar-refractivity contribution is 0.355. The van der Waals surface area contributed by atoms with Crippen LogP contribution >= 0.6 is 11.3 Å². The highest BCUT2D eigenvalue weighted by atomic mass is 32.1. The molecule has 0 unspecified atom stereocenters. The molecule has 0 aliphatic heterocycles. The van der Waals surface area contributed by atoms with E-state index in [1.807, 2.05) is 49.4 Å². The molecule has 0 amide bonds. The second-order valence-electron chi connectivity index (χ2n) is 6.26. The summed E-state index contributed by atoms with van der Waals surface area (Å²) in [5.74, 6) is 3.86. The molecule has 0 aliphatic rings. The molecule has 0 saturated carbocycles.